The number of carbonyl (C=O) groups excluding carboxylic acids is 1. The van der Waals surface area contributed by atoms with Gasteiger partial charge in [-0.2, -0.15) is 4.98 Å². The van der Waals surface area contributed by atoms with Crippen LogP contribution in [0.5, 0.6) is 0 Å². The lowest BCUT2D eigenvalue weighted by atomic mass is 9.96. The highest BCUT2D eigenvalue weighted by Crippen LogP contribution is 2.23. The van der Waals surface area contributed by atoms with Gasteiger partial charge in [0.2, 0.25) is 17.6 Å². The SMILES string of the molecule is Cc1cccc(-c2noc(CN3CCC(C(=O)NCc4ccc(Cl)cc4Cl)CC3)n2)c1. The highest BCUT2D eigenvalue weighted by Gasteiger charge is 2.26. The lowest BCUT2D eigenvalue weighted by Crippen LogP contribution is -2.40. The van der Waals surface area contributed by atoms with E-state index in [2.05, 4.69) is 20.4 Å². The van der Waals surface area contributed by atoms with E-state index in [4.69, 9.17) is 27.7 Å². The molecule has 6 nitrogen and oxygen atoms in total. The van der Waals surface area contributed by atoms with Crippen molar-refractivity contribution < 1.29 is 9.32 Å². The summed E-state index contributed by atoms with van der Waals surface area (Å²) in [7, 11) is 0. The van der Waals surface area contributed by atoms with Gasteiger partial charge in [-0.05, 0) is 56.6 Å². The van der Waals surface area contributed by atoms with Gasteiger partial charge >= 0.3 is 0 Å². The number of amides is 1. The predicted octanol–water partition coefficient (Wildman–Crippen LogP) is 4.88. The van der Waals surface area contributed by atoms with Crippen LogP contribution in [0.15, 0.2) is 47.0 Å². The highest BCUT2D eigenvalue weighted by molar-refractivity contribution is 6.35. The van der Waals surface area contributed by atoms with E-state index in [-0.39, 0.29) is 11.8 Å². The Hall–Kier alpha value is -2.41. The average molecular weight is 459 g/mol. The summed E-state index contributed by atoms with van der Waals surface area (Å²) in [4.78, 5) is 19.3. The summed E-state index contributed by atoms with van der Waals surface area (Å²) >= 11 is 12.1. The predicted molar refractivity (Wildman–Crippen MR) is 121 cm³/mol. The monoisotopic (exact) mass is 458 g/mol. The van der Waals surface area contributed by atoms with Gasteiger partial charge in [-0.3, -0.25) is 9.69 Å². The van der Waals surface area contributed by atoms with Crippen LogP contribution < -0.4 is 5.32 Å². The standard InChI is InChI=1S/C23H24Cl2N4O2/c1-15-3-2-4-17(11-15)22-27-21(31-28-22)14-29-9-7-16(8-10-29)23(30)26-13-18-5-6-19(24)12-20(18)25/h2-6,11-12,16H,7-10,13-14H2,1H3,(H,26,30). The highest BCUT2D eigenvalue weighted by atomic mass is 35.5. The van der Waals surface area contributed by atoms with Crippen LogP contribution in [0.4, 0.5) is 0 Å². The molecule has 1 fully saturated rings. The van der Waals surface area contributed by atoms with Crippen LogP contribution in [-0.2, 0) is 17.9 Å². The third-order valence-corrected chi connectivity index (χ3v) is 6.12. The van der Waals surface area contributed by atoms with E-state index in [1.54, 1.807) is 12.1 Å². The number of aromatic nitrogens is 2. The number of hydrogen-bond acceptors (Lipinski definition) is 5. The van der Waals surface area contributed by atoms with E-state index in [0.717, 1.165) is 42.6 Å². The van der Waals surface area contributed by atoms with Crippen LogP contribution in [0, 0.1) is 12.8 Å². The minimum Gasteiger partial charge on any atom is -0.352 e. The smallest absolute Gasteiger partial charge is 0.241 e. The third-order valence-electron chi connectivity index (χ3n) is 5.53. The Bertz CT molecular complexity index is 1060. The lowest BCUT2D eigenvalue weighted by molar-refractivity contribution is -0.126. The van der Waals surface area contributed by atoms with Crippen molar-refractivity contribution in [2.24, 2.45) is 5.92 Å². The van der Waals surface area contributed by atoms with Crippen LogP contribution in [-0.4, -0.2) is 34.0 Å². The third kappa shape index (κ3) is 5.64. The molecule has 2 heterocycles. The molecule has 0 aliphatic carbocycles. The number of likely N-dealkylation sites (tertiary alicyclic amines) is 1. The number of nitrogens with one attached hydrogen (secondary N) is 1. The Morgan fingerprint density at radius 2 is 2.00 bits per heavy atom. The second-order valence-corrected chi connectivity index (χ2v) is 8.73. The van der Waals surface area contributed by atoms with Crippen molar-refractivity contribution in [2.75, 3.05) is 13.1 Å². The molecule has 1 saturated heterocycles. The first kappa shape index (κ1) is 21.8. The Morgan fingerprint density at radius 1 is 1.19 bits per heavy atom. The van der Waals surface area contributed by atoms with Crippen molar-refractivity contribution in [1.82, 2.24) is 20.4 Å². The molecule has 0 radical (unpaired) electrons. The van der Waals surface area contributed by atoms with Crippen LogP contribution >= 0.6 is 23.2 Å². The van der Waals surface area contributed by atoms with E-state index >= 15 is 0 Å². The number of benzene rings is 2. The summed E-state index contributed by atoms with van der Waals surface area (Å²) in [6.07, 6.45) is 1.58. The molecule has 162 valence electrons. The molecule has 1 amide bonds. The Labute approximate surface area is 191 Å². The van der Waals surface area contributed by atoms with Gasteiger partial charge < -0.3 is 9.84 Å². The Balaban J connectivity index is 1.25. The number of piperidine rings is 1. The Morgan fingerprint density at radius 3 is 2.74 bits per heavy atom. The fourth-order valence-corrected chi connectivity index (χ4v) is 4.23. The molecule has 0 spiro atoms. The summed E-state index contributed by atoms with van der Waals surface area (Å²) in [6.45, 7) is 4.64. The van der Waals surface area contributed by atoms with Gasteiger partial charge in [0.25, 0.3) is 0 Å². The van der Waals surface area contributed by atoms with Crippen LogP contribution in [0.25, 0.3) is 11.4 Å². The number of halogens is 2. The second kappa shape index (κ2) is 9.81. The quantitative estimate of drug-likeness (QED) is 0.569. The maximum absolute atomic E-state index is 12.6. The van der Waals surface area contributed by atoms with E-state index in [1.807, 2.05) is 37.3 Å². The van der Waals surface area contributed by atoms with Crippen LogP contribution in [0.3, 0.4) is 0 Å². The molecule has 3 aromatic rings. The molecular formula is C23H24Cl2N4O2. The molecule has 1 N–H and O–H groups in total. The first-order chi connectivity index (χ1) is 15.0. The summed E-state index contributed by atoms with van der Waals surface area (Å²) in [5.41, 5.74) is 2.96. The number of hydrogen-bond donors (Lipinski definition) is 1. The van der Waals surface area contributed by atoms with Gasteiger partial charge in [-0.15, -0.1) is 0 Å². The first-order valence-corrected chi connectivity index (χ1v) is 11.1. The molecule has 0 unspecified atom stereocenters. The minimum atomic E-state index is -0.00661. The minimum absolute atomic E-state index is 0.00661. The van der Waals surface area contributed by atoms with Gasteiger partial charge in [0, 0.05) is 28.1 Å². The summed E-state index contributed by atoms with van der Waals surface area (Å²) < 4.78 is 5.44. The number of aryl methyl sites for hydroxylation is 1. The van der Waals surface area contributed by atoms with E-state index in [0.29, 0.717) is 34.8 Å². The van der Waals surface area contributed by atoms with Crippen molar-refractivity contribution >= 4 is 29.1 Å². The normalized spacial score (nSPS) is 15.2. The van der Waals surface area contributed by atoms with Gasteiger partial charge in [-0.25, -0.2) is 0 Å². The molecule has 2 aromatic carbocycles. The largest absolute Gasteiger partial charge is 0.352 e. The molecule has 8 heteroatoms. The molecule has 0 atom stereocenters. The molecule has 0 saturated carbocycles. The topological polar surface area (TPSA) is 71.3 Å². The maximum Gasteiger partial charge on any atom is 0.241 e. The molecule has 1 aliphatic rings. The van der Waals surface area contributed by atoms with E-state index in [9.17, 15) is 4.79 Å². The zero-order valence-corrected chi connectivity index (χ0v) is 18.8. The first-order valence-electron chi connectivity index (χ1n) is 10.3. The fraction of sp³-hybridized carbons (Fsp3) is 0.348. The molecule has 0 bridgehead atoms. The lowest BCUT2D eigenvalue weighted by Gasteiger charge is -2.30. The summed E-state index contributed by atoms with van der Waals surface area (Å²) in [6, 6.07) is 13.3. The summed E-state index contributed by atoms with van der Waals surface area (Å²) in [5.74, 6) is 1.25. The summed E-state index contributed by atoms with van der Waals surface area (Å²) in [5, 5.41) is 8.24. The second-order valence-electron chi connectivity index (χ2n) is 7.89. The van der Waals surface area contributed by atoms with Crippen LogP contribution in [0.1, 0.15) is 29.9 Å². The van der Waals surface area contributed by atoms with Crippen molar-refractivity contribution in [2.45, 2.75) is 32.9 Å². The van der Waals surface area contributed by atoms with Crippen molar-refractivity contribution in [3.05, 3.63) is 69.5 Å². The number of carbonyl (C=O) groups is 1. The number of rotatable bonds is 6. The van der Waals surface area contributed by atoms with Gasteiger partial charge in [-0.1, -0.05) is 58.2 Å². The number of nitrogens with zero attached hydrogens (tertiary/aromatic N) is 3. The van der Waals surface area contributed by atoms with Gasteiger partial charge in [0.1, 0.15) is 0 Å². The van der Waals surface area contributed by atoms with Crippen molar-refractivity contribution in [3.8, 4) is 11.4 Å². The molecule has 4 rings (SSSR count). The van der Waals surface area contributed by atoms with E-state index < -0.39 is 0 Å². The average Bonchev–Trinajstić information content (AvgIpc) is 3.22. The zero-order chi connectivity index (χ0) is 21.8. The van der Waals surface area contributed by atoms with Crippen LogP contribution in [0.2, 0.25) is 10.0 Å². The Kier molecular flexibility index (Phi) is 6.90. The van der Waals surface area contributed by atoms with Crippen molar-refractivity contribution in [3.63, 3.8) is 0 Å². The molecular weight excluding hydrogens is 435 g/mol. The fourth-order valence-electron chi connectivity index (χ4n) is 3.76. The van der Waals surface area contributed by atoms with E-state index in [1.165, 1.54) is 0 Å². The maximum atomic E-state index is 12.6. The zero-order valence-electron chi connectivity index (χ0n) is 17.3. The molecule has 31 heavy (non-hydrogen) atoms. The van der Waals surface area contributed by atoms with Gasteiger partial charge in [0.05, 0.1) is 6.54 Å². The molecule has 1 aromatic heterocycles. The van der Waals surface area contributed by atoms with Crippen molar-refractivity contribution in [1.29, 1.82) is 0 Å². The molecule has 1 aliphatic heterocycles. The van der Waals surface area contributed by atoms with Gasteiger partial charge in [0.15, 0.2) is 0 Å².